The third-order valence-corrected chi connectivity index (χ3v) is 2.29. The number of fused-ring (bicyclic) bond motifs is 1. The van der Waals surface area contributed by atoms with E-state index in [1.807, 2.05) is 0 Å². The minimum absolute atomic E-state index is 1.09. The van der Waals surface area contributed by atoms with Gasteiger partial charge in [0.05, 0.1) is 0 Å². The predicted molar refractivity (Wildman–Crippen MR) is 51.8 cm³/mol. The molecule has 1 aliphatic rings. The average Bonchev–Trinajstić information content (AvgIpc) is 2.47. The van der Waals surface area contributed by atoms with E-state index in [9.17, 15) is 0 Å². The molecule has 0 aromatic heterocycles. The maximum absolute atomic E-state index is 2.28. The van der Waals surface area contributed by atoms with Crippen molar-refractivity contribution in [1.82, 2.24) is 4.90 Å². The molecule has 1 nitrogen and oxygen atoms in total. The summed E-state index contributed by atoms with van der Waals surface area (Å²) in [5.41, 5.74) is 4.19. The first kappa shape index (κ1) is 7.41. The normalized spacial score (nSPS) is 14.0. The Balaban J connectivity index is 2.45. The molecule has 12 heavy (non-hydrogen) atoms. The number of allylic oxidation sites excluding steroid dienone is 1. The van der Waals surface area contributed by atoms with Crippen LogP contribution in [0.4, 0.5) is 0 Å². The maximum atomic E-state index is 2.28. The molecule has 1 heteroatoms. The molecule has 0 unspecified atom stereocenters. The summed E-state index contributed by atoms with van der Waals surface area (Å²) in [5, 5.41) is 0. The lowest BCUT2D eigenvalue weighted by molar-refractivity contribution is 0.593. The molecule has 1 aromatic carbocycles. The van der Waals surface area contributed by atoms with Gasteiger partial charge in [-0.05, 0) is 12.0 Å². The van der Waals surface area contributed by atoms with Gasteiger partial charge in [-0.15, -0.1) is 0 Å². The van der Waals surface area contributed by atoms with Crippen molar-refractivity contribution >= 4 is 5.70 Å². The summed E-state index contributed by atoms with van der Waals surface area (Å²) in [6.07, 6.45) is 3.37. The van der Waals surface area contributed by atoms with Gasteiger partial charge in [-0.25, -0.2) is 0 Å². The van der Waals surface area contributed by atoms with Crippen molar-refractivity contribution in [1.29, 1.82) is 0 Å². The van der Waals surface area contributed by atoms with Gasteiger partial charge in [0.25, 0.3) is 0 Å². The first-order chi connectivity index (χ1) is 5.79. The summed E-state index contributed by atoms with van der Waals surface area (Å²) in [6, 6.07) is 8.59. The minimum Gasteiger partial charge on any atom is -0.377 e. The highest BCUT2D eigenvalue weighted by Gasteiger charge is 2.13. The third kappa shape index (κ3) is 1.02. The molecule has 0 fully saturated rings. The molecule has 0 aliphatic heterocycles. The molecule has 1 aliphatic carbocycles. The van der Waals surface area contributed by atoms with Gasteiger partial charge < -0.3 is 4.90 Å². The number of nitrogens with zero attached hydrogens (tertiary/aromatic N) is 1. The van der Waals surface area contributed by atoms with Crippen molar-refractivity contribution in [2.75, 3.05) is 14.1 Å². The molecule has 62 valence electrons. The molecule has 1 aromatic rings. The highest BCUT2D eigenvalue weighted by atomic mass is 15.1. The van der Waals surface area contributed by atoms with E-state index in [1.165, 1.54) is 16.8 Å². The molecular weight excluding hydrogens is 146 g/mol. The monoisotopic (exact) mass is 159 g/mol. The Morgan fingerprint density at radius 2 is 1.92 bits per heavy atom. The van der Waals surface area contributed by atoms with Gasteiger partial charge in [0.15, 0.2) is 0 Å². The number of rotatable bonds is 1. The Labute approximate surface area is 73.3 Å². The van der Waals surface area contributed by atoms with Crippen molar-refractivity contribution in [3.8, 4) is 0 Å². The fourth-order valence-electron chi connectivity index (χ4n) is 1.69. The summed E-state index contributed by atoms with van der Waals surface area (Å²) < 4.78 is 0. The quantitative estimate of drug-likeness (QED) is 0.607. The van der Waals surface area contributed by atoms with Gasteiger partial charge in [-0.3, -0.25) is 0 Å². The van der Waals surface area contributed by atoms with Crippen molar-refractivity contribution in [2.45, 2.75) is 6.42 Å². The van der Waals surface area contributed by atoms with E-state index in [2.05, 4.69) is 49.3 Å². The van der Waals surface area contributed by atoms with E-state index in [4.69, 9.17) is 0 Å². The van der Waals surface area contributed by atoms with Gasteiger partial charge in [0.2, 0.25) is 0 Å². The molecule has 0 heterocycles. The second kappa shape index (κ2) is 2.67. The lowest BCUT2D eigenvalue weighted by Gasteiger charge is -2.14. The molecular formula is C11H13N. The van der Waals surface area contributed by atoms with Crippen molar-refractivity contribution < 1.29 is 0 Å². The molecule has 0 N–H and O–H groups in total. The summed E-state index contributed by atoms with van der Waals surface area (Å²) >= 11 is 0. The van der Waals surface area contributed by atoms with E-state index in [-0.39, 0.29) is 0 Å². The highest BCUT2D eigenvalue weighted by molar-refractivity contribution is 5.71. The largest absolute Gasteiger partial charge is 0.377 e. The topological polar surface area (TPSA) is 3.24 Å². The predicted octanol–water partition coefficient (Wildman–Crippen LogP) is 2.15. The lowest BCUT2D eigenvalue weighted by Crippen LogP contribution is -2.08. The van der Waals surface area contributed by atoms with Crippen molar-refractivity contribution in [2.24, 2.45) is 0 Å². The molecule has 0 amide bonds. The van der Waals surface area contributed by atoms with Gasteiger partial charge in [0, 0.05) is 25.4 Å². The number of hydrogen-bond acceptors (Lipinski definition) is 1. The number of hydrogen-bond donors (Lipinski definition) is 0. The molecule has 2 rings (SSSR count). The minimum atomic E-state index is 1.09. The molecule has 0 radical (unpaired) electrons. The molecule has 0 saturated carbocycles. The zero-order valence-corrected chi connectivity index (χ0v) is 7.54. The SMILES string of the molecule is CN(C)C1=CCc2ccccc21. The number of benzene rings is 1. The first-order valence-corrected chi connectivity index (χ1v) is 4.25. The van der Waals surface area contributed by atoms with Crippen LogP contribution in [0.2, 0.25) is 0 Å². The highest BCUT2D eigenvalue weighted by Crippen LogP contribution is 2.27. The van der Waals surface area contributed by atoms with Gasteiger partial charge in [0.1, 0.15) is 0 Å². The second-order valence-corrected chi connectivity index (χ2v) is 3.35. The van der Waals surface area contributed by atoms with Crippen molar-refractivity contribution in [3.63, 3.8) is 0 Å². The van der Waals surface area contributed by atoms with Crippen LogP contribution >= 0.6 is 0 Å². The van der Waals surface area contributed by atoms with Gasteiger partial charge in [-0.1, -0.05) is 30.3 Å². The Bertz CT molecular complexity index is 324. The van der Waals surface area contributed by atoms with E-state index in [0.717, 1.165) is 6.42 Å². The Kier molecular flexibility index (Phi) is 1.65. The molecule has 0 bridgehead atoms. The van der Waals surface area contributed by atoms with E-state index < -0.39 is 0 Å². The van der Waals surface area contributed by atoms with Crippen molar-refractivity contribution in [3.05, 3.63) is 41.5 Å². The second-order valence-electron chi connectivity index (χ2n) is 3.35. The Morgan fingerprint density at radius 3 is 2.67 bits per heavy atom. The first-order valence-electron chi connectivity index (χ1n) is 4.25. The maximum Gasteiger partial charge on any atom is 0.0400 e. The molecule has 0 spiro atoms. The van der Waals surface area contributed by atoms with Crippen LogP contribution < -0.4 is 0 Å². The average molecular weight is 159 g/mol. The van der Waals surface area contributed by atoms with Crippen LogP contribution in [0.1, 0.15) is 11.1 Å². The van der Waals surface area contributed by atoms with Crippen LogP contribution in [-0.2, 0) is 6.42 Å². The molecule has 0 saturated heterocycles. The van der Waals surface area contributed by atoms with Gasteiger partial charge >= 0.3 is 0 Å². The summed E-state index contributed by atoms with van der Waals surface area (Å²) in [6.45, 7) is 0. The molecule has 0 atom stereocenters. The van der Waals surface area contributed by atoms with Gasteiger partial charge in [-0.2, -0.15) is 0 Å². The summed E-state index contributed by atoms with van der Waals surface area (Å²) in [7, 11) is 4.18. The fourth-order valence-corrected chi connectivity index (χ4v) is 1.69. The fraction of sp³-hybridized carbons (Fsp3) is 0.273. The summed E-state index contributed by atoms with van der Waals surface area (Å²) in [4.78, 5) is 2.17. The zero-order chi connectivity index (χ0) is 8.55. The van der Waals surface area contributed by atoms with Crippen LogP contribution in [0.3, 0.4) is 0 Å². The smallest absolute Gasteiger partial charge is 0.0400 e. The zero-order valence-electron chi connectivity index (χ0n) is 7.54. The van der Waals surface area contributed by atoms with Crippen LogP contribution in [0, 0.1) is 0 Å². The van der Waals surface area contributed by atoms with Crippen LogP contribution in [0.25, 0.3) is 5.70 Å². The summed E-state index contributed by atoms with van der Waals surface area (Å²) in [5.74, 6) is 0. The lowest BCUT2D eigenvalue weighted by atomic mass is 10.1. The Morgan fingerprint density at radius 1 is 1.17 bits per heavy atom. The van der Waals surface area contributed by atoms with E-state index in [0.29, 0.717) is 0 Å². The Hall–Kier alpha value is -1.24. The van der Waals surface area contributed by atoms with Crippen LogP contribution in [0.5, 0.6) is 0 Å². The van der Waals surface area contributed by atoms with E-state index >= 15 is 0 Å². The third-order valence-electron chi connectivity index (χ3n) is 2.29. The standard InChI is InChI=1S/C11H13N/c1-12(2)11-8-7-9-5-3-4-6-10(9)11/h3-6,8H,7H2,1-2H3. The van der Waals surface area contributed by atoms with Crippen LogP contribution in [-0.4, -0.2) is 19.0 Å². The van der Waals surface area contributed by atoms with Crippen LogP contribution in [0.15, 0.2) is 30.3 Å². The van der Waals surface area contributed by atoms with E-state index in [1.54, 1.807) is 0 Å².